The molecule has 2 heterocycles. The van der Waals surface area contributed by atoms with Gasteiger partial charge in [-0.05, 0) is 67.5 Å². The van der Waals surface area contributed by atoms with Crippen LogP contribution < -0.4 is 5.32 Å². The Bertz CT molecular complexity index is 1040. The third-order valence-electron chi connectivity index (χ3n) is 5.10. The maximum absolute atomic E-state index is 12.2. The van der Waals surface area contributed by atoms with Crippen molar-refractivity contribution in [2.24, 2.45) is 0 Å². The second-order valence-electron chi connectivity index (χ2n) is 7.53. The van der Waals surface area contributed by atoms with Gasteiger partial charge in [0.1, 0.15) is 0 Å². The zero-order valence-corrected chi connectivity index (χ0v) is 20.8. The van der Waals surface area contributed by atoms with E-state index in [1.54, 1.807) is 18.0 Å². The fourth-order valence-corrected chi connectivity index (χ4v) is 3.95. The Labute approximate surface area is 197 Å². The van der Waals surface area contributed by atoms with E-state index in [2.05, 4.69) is 54.7 Å². The van der Waals surface area contributed by atoms with Gasteiger partial charge in [0, 0.05) is 29.9 Å². The maximum Gasteiger partial charge on any atom is 0.167 e. The molecule has 1 N–H and O–H groups in total. The van der Waals surface area contributed by atoms with E-state index in [-0.39, 0.29) is 5.78 Å². The number of hydrogen-bond donors (Lipinski definition) is 1. The highest BCUT2D eigenvalue weighted by Gasteiger charge is 2.12. The second-order valence-corrected chi connectivity index (χ2v) is 8.74. The minimum Gasteiger partial charge on any atom is -0.372 e. The number of benzene rings is 2. The fraction of sp³-hybridized carbons (Fsp3) is 0.286. The Kier molecular flexibility index (Phi) is 10.2. The molecule has 4 rings (SSSR count). The van der Waals surface area contributed by atoms with Crippen molar-refractivity contribution >= 4 is 23.2 Å². The molecule has 3 nitrogen and oxygen atoms in total. The van der Waals surface area contributed by atoms with Crippen molar-refractivity contribution in [1.29, 1.82) is 0 Å². The van der Waals surface area contributed by atoms with E-state index < -0.39 is 0 Å². The van der Waals surface area contributed by atoms with Gasteiger partial charge < -0.3 is 5.32 Å². The second kappa shape index (κ2) is 12.9. The first-order valence-corrected chi connectivity index (χ1v) is 12.1. The number of pyridine rings is 1. The molecule has 0 bridgehead atoms. The molecule has 0 amide bonds. The van der Waals surface area contributed by atoms with Crippen LogP contribution in [-0.2, 0) is 6.42 Å². The molecule has 32 heavy (non-hydrogen) atoms. The van der Waals surface area contributed by atoms with E-state index in [1.807, 2.05) is 63.4 Å². The van der Waals surface area contributed by atoms with Crippen LogP contribution in [0.1, 0.15) is 58.9 Å². The van der Waals surface area contributed by atoms with E-state index >= 15 is 0 Å². The molecule has 0 radical (unpaired) electrons. The monoisotopic (exact) mass is 446 g/mol. The molecule has 168 valence electrons. The van der Waals surface area contributed by atoms with Crippen molar-refractivity contribution in [2.45, 2.75) is 53.3 Å². The van der Waals surface area contributed by atoms with Crippen molar-refractivity contribution in [1.82, 2.24) is 10.3 Å². The largest absolute Gasteiger partial charge is 0.372 e. The number of hydrogen-bond acceptors (Lipinski definition) is 4. The van der Waals surface area contributed by atoms with E-state index in [4.69, 9.17) is 0 Å². The number of thioether (sulfide) groups is 1. The van der Waals surface area contributed by atoms with Gasteiger partial charge in [-0.2, -0.15) is 0 Å². The van der Waals surface area contributed by atoms with Gasteiger partial charge in [-0.25, -0.2) is 0 Å². The molecular weight excluding hydrogens is 412 g/mol. The lowest BCUT2D eigenvalue weighted by Gasteiger charge is -2.07. The number of nitrogens with one attached hydrogen (secondary N) is 1. The Hall–Kier alpha value is -2.85. The lowest BCUT2D eigenvalue weighted by atomic mass is 9.97. The van der Waals surface area contributed by atoms with Gasteiger partial charge in [-0.1, -0.05) is 56.3 Å². The third kappa shape index (κ3) is 7.38. The first kappa shape index (κ1) is 25.4. The molecule has 1 aromatic heterocycles. The van der Waals surface area contributed by atoms with Gasteiger partial charge in [-0.3, -0.25) is 9.78 Å². The van der Waals surface area contributed by atoms with Crippen LogP contribution in [0.25, 0.3) is 5.70 Å². The smallest absolute Gasteiger partial charge is 0.167 e. The number of rotatable bonds is 4. The van der Waals surface area contributed by atoms with Crippen LogP contribution in [0.5, 0.6) is 0 Å². The quantitative estimate of drug-likeness (QED) is 0.433. The lowest BCUT2D eigenvalue weighted by molar-refractivity contribution is 0.0992. The number of aryl methyl sites for hydroxylation is 3. The molecule has 0 aliphatic carbocycles. The summed E-state index contributed by atoms with van der Waals surface area (Å²) < 4.78 is 0. The summed E-state index contributed by atoms with van der Waals surface area (Å²) in [7, 11) is 0. The van der Waals surface area contributed by atoms with E-state index in [0.29, 0.717) is 11.8 Å². The summed E-state index contributed by atoms with van der Waals surface area (Å²) in [5.74, 6) is 0.191. The number of Topliss-reactive ketones (excluding diaryl/α,β-unsaturated/α-hetero) is 1. The summed E-state index contributed by atoms with van der Waals surface area (Å²) in [5.41, 5.74) is 7.82. The van der Waals surface area contributed by atoms with Gasteiger partial charge in [0.05, 0.1) is 11.1 Å². The summed E-state index contributed by atoms with van der Waals surface area (Å²) >= 11 is 1.80. The van der Waals surface area contributed by atoms with Crippen molar-refractivity contribution in [2.75, 3.05) is 0 Å². The molecule has 2 aromatic carbocycles. The Morgan fingerprint density at radius 1 is 0.969 bits per heavy atom. The molecule has 1 atom stereocenters. The Morgan fingerprint density at radius 3 is 2.31 bits per heavy atom. The van der Waals surface area contributed by atoms with Gasteiger partial charge in [0.2, 0.25) is 0 Å². The highest BCUT2D eigenvalue weighted by Crippen LogP contribution is 2.25. The number of carbonyl (C=O) groups excluding carboxylic acids is 1. The summed E-state index contributed by atoms with van der Waals surface area (Å²) in [6.45, 7) is 12.3. The van der Waals surface area contributed by atoms with Gasteiger partial charge in [-0.15, -0.1) is 11.8 Å². The zero-order chi connectivity index (χ0) is 23.5. The number of ketones is 1. The van der Waals surface area contributed by atoms with Crippen LogP contribution >= 0.6 is 11.8 Å². The molecule has 0 saturated heterocycles. The standard InChI is InChI=1S/C17H18O.C9H10N2S.C2H6/c1-12-8-9-15(10-14(12)3)11-17(18)16-7-5-4-6-13(16)2;1-7-11-9(6-12-7)8-3-2-4-10-5-8;1-2/h4-10H,11H2,1-3H3;2-7,11H,1H3;1-2H3. The molecule has 0 saturated carbocycles. The average Bonchev–Trinajstić information content (AvgIpc) is 3.25. The lowest BCUT2D eigenvalue weighted by Crippen LogP contribution is -2.15. The van der Waals surface area contributed by atoms with Crippen LogP contribution in [0.3, 0.4) is 0 Å². The van der Waals surface area contributed by atoms with Crippen molar-refractivity contribution < 1.29 is 4.79 Å². The SMILES string of the molecule is CC.CC1NC(c2cccnc2)=CS1.Cc1ccc(CC(=O)c2ccccc2C)cc1C. The predicted octanol–water partition coefficient (Wildman–Crippen LogP) is 7.13. The van der Waals surface area contributed by atoms with Crippen LogP contribution in [0.2, 0.25) is 0 Å². The van der Waals surface area contributed by atoms with Crippen LogP contribution in [0.15, 0.2) is 72.4 Å². The number of nitrogens with zero attached hydrogens (tertiary/aromatic N) is 1. The highest BCUT2D eigenvalue weighted by molar-refractivity contribution is 8.03. The fourth-order valence-electron chi connectivity index (χ4n) is 3.21. The van der Waals surface area contributed by atoms with Crippen LogP contribution in [0.4, 0.5) is 0 Å². The van der Waals surface area contributed by atoms with Gasteiger partial charge in [0.25, 0.3) is 0 Å². The highest BCUT2D eigenvalue weighted by atomic mass is 32.2. The van der Waals surface area contributed by atoms with E-state index in [0.717, 1.165) is 22.3 Å². The Balaban J connectivity index is 0.000000224. The zero-order valence-electron chi connectivity index (χ0n) is 20.0. The number of aromatic nitrogens is 1. The third-order valence-corrected chi connectivity index (χ3v) is 6.00. The topological polar surface area (TPSA) is 42.0 Å². The molecule has 0 fully saturated rings. The molecule has 1 aliphatic rings. The minimum atomic E-state index is 0.191. The molecule has 1 aliphatic heterocycles. The summed E-state index contributed by atoms with van der Waals surface area (Å²) in [6.07, 6.45) is 4.14. The van der Waals surface area contributed by atoms with Crippen molar-refractivity contribution in [3.8, 4) is 0 Å². The predicted molar refractivity (Wildman–Crippen MR) is 139 cm³/mol. The molecule has 0 spiro atoms. The first-order chi connectivity index (χ1) is 15.4. The first-order valence-electron chi connectivity index (χ1n) is 11.1. The van der Waals surface area contributed by atoms with Crippen molar-refractivity contribution in [3.63, 3.8) is 0 Å². The van der Waals surface area contributed by atoms with E-state index in [9.17, 15) is 4.79 Å². The molecule has 3 aromatic rings. The van der Waals surface area contributed by atoms with E-state index in [1.165, 1.54) is 16.8 Å². The summed E-state index contributed by atoms with van der Waals surface area (Å²) in [6, 6.07) is 18.0. The summed E-state index contributed by atoms with van der Waals surface area (Å²) in [5, 5.41) is 5.98. The molecular formula is C28H34N2OS. The van der Waals surface area contributed by atoms with Gasteiger partial charge in [0.15, 0.2) is 5.78 Å². The maximum atomic E-state index is 12.2. The molecule has 4 heteroatoms. The normalized spacial score (nSPS) is 14.2. The van der Waals surface area contributed by atoms with Crippen LogP contribution in [-0.4, -0.2) is 16.1 Å². The van der Waals surface area contributed by atoms with Crippen molar-refractivity contribution in [3.05, 3.63) is 106 Å². The van der Waals surface area contributed by atoms with Crippen LogP contribution in [0, 0.1) is 20.8 Å². The number of carbonyl (C=O) groups is 1. The summed E-state index contributed by atoms with van der Waals surface area (Å²) in [4.78, 5) is 16.3. The average molecular weight is 447 g/mol. The van der Waals surface area contributed by atoms with Gasteiger partial charge >= 0.3 is 0 Å². The Morgan fingerprint density at radius 2 is 1.72 bits per heavy atom. The minimum absolute atomic E-state index is 0.191. The molecule has 1 unspecified atom stereocenters.